The second-order valence-electron chi connectivity index (χ2n) is 4.67. The minimum atomic E-state index is 0.956. The average molecular weight is 255 g/mol. The van der Waals surface area contributed by atoms with E-state index in [1.54, 1.807) is 0 Å². The van der Waals surface area contributed by atoms with Crippen molar-refractivity contribution in [2.24, 2.45) is 0 Å². The standard InChI is InChI=1S/C14H13N3S/c1-2-7-13-12(6-1)17-9-11(16-14(17)18-13)10-5-3-4-8-15-10/h3-5,8-9H,1-2,6-7H2. The quantitative estimate of drug-likeness (QED) is 0.667. The van der Waals surface area contributed by atoms with Gasteiger partial charge in [0.15, 0.2) is 4.96 Å². The molecular weight excluding hydrogens is 242 g/mol. The molecule has 1 aliphatic carbocycles. The Morgan fingerprint density at radius 3 is 2.94 bits per heavy atom. The van der Waals surface area contributed by atoms with E-state index in [4.69, 9.17) is 4.98 Å². The van der Waals surface area contributed by atoms with Crippen LogP contribution in [0.15, 0.2) is 30.6 Å². The number of aromatic nitrogens is 3. The number of fused-ring (bicyclic) bond motifs is 3. The van der Waals surface area contributed by atoms with Gasteiger partial charge in [0.1, 0.15) is 5.69 Å². The molecule has 3 nitrogen and oxygen atoms in total. The van der Waals surface area contributed by atoms with Gasteiger partial charge in [-0.1, -0.05) is 6.07 Å². The Morgan fingerprint density at radius 2 is 2.06 bits per heavy atom. The summed E-state index contributed by atoms with van der Waals surface area (Å²) in [6.07, 6.45) is 8.99. The Balaban J connectivity index is 1.88. The Hall–Kier alpha value is -1.68. The van der Waals surface area contributed by atoms with Gasteiger partial charge in [-0.3, -0.25) is 9.38 Å². The Kier molecular flexibility index (Phi) is 2.23. The van der Waals surface area contributed by atoms with Crippen molar-refractivity contribution in [3.8, 4) is 11.4 Å². The third kappa shape index (κ3) is 1.49. The molecule has 0 radical (unpaired) electrons. The van der Waals surface area contributed by atoms with E-state index in [-0.39, 0.29) is 0 Å². The highest BCUT2D eigenvalue weighted by molar-refractivity contribution is 7.17. The van der Waals surface area contributed by atoms with Crippen LogP contribution in [-0.4, -0.2) is 14.4 Å². The third-order valence-electron chi connectivity index (χ3n) is 3.50. The minimum absolute atomic E-state index is 0.956. The highest BCUT2D eigenvalue weighted by Crippen LogP contribution is 2.31. The Labute approximate surface area is 109 Å². The largest absolute Gasteiger partial charge is 0.294 e. The van der Waals surface area contributed by atoms with E-state index in [0.717, 1.165) is 16.3 Å². The molecule has 18 heavy (non-hydrogen) atoms. The number of hydrogen-bond donors (Lipinski definition) is 0. The van der Waals surface area contributed by atoms with E-state index in [2.05, 4.69) is 15.6 Å². The van der Waals surface area contributed by atoms with Crippen molar-refractivity contribution in [3.63, 3.8) is 0 Å². The van der Waals surface area contributed by atoms with Crippen LogP contribution in [0.3, 0.4) is 0 Å². The fourth-order valence-corrected chi connectivity index (χ4v) is 3.79. The number of hydrogen-bond acceptors (Lipinski definition) is 3. The molecule has 0 aromatic carbocycles. The maximum atomic E-state index is 4.71. The number of aryl methyl sites for hydroxylation is 2. The number of rotatable bonds is 1. The molecule has 1 aliphatic rings. The molecule has 0 spiro atoms. The maximum absolute atomic E-state index is 4.71. The first-order valence-corrected chi connectivity index (χ1v) is 7.14. The second-order valence-corrected chi connectivity index (χ2v) is 5.73. The molecule has 4 heteroatoms. The fourth-order valence-electron chi connectivity index (χ4n) is 2.60. The first-order chi connectivity index (χ1) is 8.92. The summed E-state index contributed by atoms with van der Waals surface area (Å²) < 4.78 is 2.27. The van der Waals surface area contributed by atoms with E-state index < -0.39 is 0 Å². The van der Waals surface area contributed by atoms with Crippen molar-refractivity contribution in [2.75, 3.05) is 0 Å². The predicted molar refractivity (Wildman–Crippen MR) is 72.9 cm³/mol. The molecule has 0 bridgehead atoms. The van der Waals surface area contributed by atoms with Gasteiger partial charge in [-0.2, -0.15) is 0 Å². The predicted octanol–water partition coefficient (Wildman–Crippen LogP) is 3.34. The van der Waals surface area contributed by atoms with Crippen molar-refractivity contribution in [1.82, 2.24) is 14.4 Å². The smallest absolute Gasteiger partial charge is 0.194 e. The summed E-state index contributed by atoms with van der Waals surface area (Å²) in [5.74, 6) is 0. The molecule has 0 aliphatic heterocycles. The lowest BCUT2D eigenvalue weighted by Gasteiger charge is -2.09. The minimum Gasteiger partial charge on any atom is -0.294 e. The van der Waals surface area contributed by atoms with Crippen LogP contribution in [-0.2, 0) is 12.8 Å². The zero-order valence-electron chi connectivity index (χ0n) is 9.97. The molecule has 4 rings (SSSR count). The first-order valence-electron chi connectivity index (χ1n) is 6.33. The van der Waals surface area contributed by atoms with Gasteiger partial charge in [0.05, 0.1) is 5.69 Å². The molecule has 90 valence electrons. The normalized spacial score (nSPS) is 14.9. The zero-order valence-corrected chi connectivity index (χ0v) is 10.8. The van der Waals surface area contributed by atoms with Gasteiger partial charge in [-0.25, -0.2) is 4.98 Å². The van der Waals surface area contributed by atoms with E-state index in [1.807, 2.05) is 35.7 Å². The molecule has 0 amide bonds. The molecule has 0 fully saturated rings. The summed E-state index contributed by atoms with van der Waals surface area (Å²) in [4.78, 5) is 11.7. The van der Waals surface area contributed by atoms with Crippen LogP contribution in [0, 0.1) is 0 Å². The van der Waals surface area contributed by atoms with Gasteiger partial charge in [-0.15, -0.1) is 11.3 Å². The van der Waals surface area contributed by atoms with E-state index in [0.29, 0.717) is 0 Å². The summed E-state index contributed by atoms with van der Waals surface area (Å²) in [6, 6.07) is 5.95. The molecule has 3 aromatic rings. The van der Waals surface area contributed by atoms with Crippen LogP contribution in [0.5, 0.6) is 0 Å². The van der Waals surface area contributed by atoms with Crippen LogP contribution in [0.1, 0.15) is 23.4 Å². The Bertz CT molecular complexity index is 696. The molecule has 0 unspecified atom stereocenters. The third-order valence-corrected chi connectivity index (χ3v) is 4.65. The van der Waals surface area contributed by atoms with Crippen LogP contribution in [0.25, 0.3) is 16.3 Å². The maximum Gasteiger partial charge on any atom is 0.194 e. The lowest BCUT2D eigenvalue weighted by atomic mass is 10.0. The summed E-state index contributed by atoms with van der Waals surface area (Å²) in [5, 5.41) is 0. The van der Waals surface area contributed by atoms with Gasteiger partial charge >= 0.3 is 0 Å². The van der Waals surface area contributed by atoms with Crippen LogP contribution in [0.4, 0.5) is 0 Å². The van der Waals surface area contributed by atoms with Crippen LogP contribution in [0.2, 0.25) is 0 Å². The van der Waals surface area contributed by atoms with Crippen molar-refractivity contribution in [3.05, 3.63) is 41.2 Å². The summed E-state index contributed by atoms with van der Waals surface area (Å²) in [7, 11) is 0. The van der Waals surface area contributed by atoms with Crippen LogP contribution < -0.4 is 0 Å². The van der Waals surface area contributed by atoms with Crippen molar-refractivity contribution in [1.29, 1.82) is 0 Å². The number of thiazole rings is 1. The molecule has 0 N–H and O–H groups in total. The highest BCUT2D eigenvalue weighted by Gasteiger charge is 2.18. The van der Waals surface area contributed by atoms with E-state index in [1.165, 1.54) is 36.3 Å². The zero-order chi connectivity index (χ0) is 11.9. The molecule has 0 saturated carbocycles. The van der Waals surface area contributed by atoms with Gasteiger partial charge in [0.25, 0.3) is 0 Å². The molecular formula is C14H13N3S. The van der Waals surface area contributed by atoms with Crippen molar-refractivity contribution in [2.45, 2.75) is 25.7 Å². The highest BCUT2D eigenvalue weighted by atomic mass is 32.1. The topological polar surface area (TPSA) is 30.2 Å². The fraction of sp³-hybridized carbons (Fsp3) is 0.286. The molecule has 3 aromatic heterocycles. The summed E-state index contributed by atoms with van der Waals surface area (Å²) in [6.45, 7) is 0. The monoisotopic (exact) mass is 255 g/mol. The van der Waals surface area contributed by atoms with Gasteiger partial charge < -0.3 is 0 Å². The number of imidazole rings is 1. The van der Waals surface area contributed by atoms with E-state index >= 15 is 0 Å². The summed E-state index contributed by atoms with van der Waals surface area (Å²) in [5.41, 5.74) is 3.41. The molecule has 0 saturated heterocycles. The lowest BCUT2D eigenvalue weighted by molar-refractivity contribution is 0.674. The van der Waals surface area contributed by atoms with Gasteiger partial charge in [-0.05, 0) is 37.8 Å². The van der Waals surface area contributed by atoms with Gasteiger partial charge in [0.2, 0.25) is 0 Å². The summed E-state index contributed by atoms with van der Waals surface area (Å²) >= 11 is 1.84. The molecule has 0 atom stereocenters. The van der Waals surface area contributed by atoms with Crippen LogP contribution >= 0.6 is 11.3 Å². The van der Waals surface area contributed by atoms with Gasteiger partial charge in [0, 0.05) is 23.0 Å². The van der Waals surface area contributed by atoms with E-state index in [9.17, 15) is 0 Å². The second kappa shape index (κ2) is 3.92. The van der Waals surface area contributed by atoms with Crippen molar-refractivity contribution < 1.29 is 0 Å². The van der Waals surface area contributed by atoms with Crippen molar-refractivity contribution >= 4 is 16.3 Å². The lowest BCUT2D eigenvalue weighted by Crippen LogP contribution is -2.01. The Morgan fingerprint density at radius 1 is 1.11 bits per heavy atom. The number of pyridine rings is 1. The molecule has 3 heterocycles. The average Bonchev–Trinajstić information content (AvgIpc) is 2.97. The first kappa shape index (κ1) is 10.3. The SMILES string of the molecule is c1ccc(-c2cn3c4c(sc3n2)CCCC4)nc1. The number of nitrogens with zero attached hydrogens (tertiary/aromatic N) is 3.